The maximum Gasteiger partial charge on any atom is -0.0158 e. The van der Waals surface area contributed by atoms with Crippen molar-refractivity contribution in [3.63, 3.8) is 0 Å². The van der Waals surface area contributed by atoms with Crippen LogP contribution in [0, 0.1) is 0 Å². The third-order valence-corrected chi connectivity index (χ3v) is 3.34. The first kappa shape index (κ1) is 12.6. The molecule has 9 heavy (non-hydrogen) atoms. The Hall–Kier alpha value is 0.910. The molecule has 1 atom stereocenters. The zero-order valence-corrected chi connectivity index (χ0v) is 9.47. The van der Waals surface area contributed by atoms with Gasteiger partial charge in [-0.15, -0.1) is 26.2 Å². The lowest BCUT2D eigenvalue weighted by atomic mass is 9.99. The Kier molecular flexibility index (Phi) is 7.93. The summed E-state index contributed by atoms with van der Waals surface area (Å²) < 4.78 is 0. The number of hydrogen-bond acceptors (Lipinski definition) is 0. The average Bonchev–Trinajstić information content (AvgIpc) is 1.87. The van der Waals surface area contributed by atoms with Crippen LogP contribution in [-0.4, -0.2) is 5.16 Å². The molecule has 0 aliphatic rings. The average molecular weight is 213 g/mol. The second-order valence-electron chi connectivity index (χ2n) is 2.42. The molecule has 0 heterocycles. The fourth-order valence-corrected chi connectivity index (χ4v) is 0.750. The van der Waals surface area contributed by atoms with Crippen molar-refractivity contribution in [2.24, 2.45) is 0 Å². The Morgan fingerprint density at radius 3 is 1.22 bits per heavy atom. The Balaban J connectivity index is 0. The molecule has 0 N–H and O–H groups in total. The van der Waals surface area contributed by atoms with Gasteiger partial charge in [0.25, 0.3) is 0 Å². The maximum atomic E-state index is 2.94. The summed E-state index contributed by atoms with van der Waals surface area (Å²) in [6.45, 7) is 6.75. The van der Waals surface area contributed by atoms with Gasteiger partial charge in [-0.05, 0) is 24.4 Å². The van der Waals surface area contributed by atoms with E-state index in [1.54, 1.807) is 0 Å². The summed E-state index contributed by atoms with van der Waals surface area (Å²) in [5.41, 5.74) is 0. The van der Waals surface area contributed by atoms with E-state index in [2.05, 4.69) is 30.0 Å². The molecule has 0 bridgehead atoms. The van der Waals surface area contributed by atoms with Crippen molar-refractivity contribution in [1.82, 2.24) is 0 Å². The van der Waals surface area contributed by atoms with Gasteiger partial charge in [0.15, 0.2) is 0 Å². The summed E-state index contributed by atoms with van der Waals surface area (Å²) in [6, 6.07) is 0. The topological polar surface area (TPSA) is 0 Å². The molecule has 0 aliphatic heterocycles. The summed E-state index contributed by atoms with van der Waals surface area (Å²) in [4.78, 5) is 0. The summed E-state index contributed by atoms with van der Waals surface area (Å²) >= 11 is 0. The molecule has 0 rings (SSSR count). The molecule has 0 nitrogen and oxygen atoms in total. The quantitative estimate of drug-likeness (QED) is 0.630. The van der Waals surface area contributed by atoms with Crippen LogP contribution >= 0.6 is 26.2 Å². The van der Waals surface area contributed by atoms with E-state index in [1.807, 2.05) is 0 Å². The van der Waals surface area contributed by atoms with Crippen LogP contribution in [0.4, 0.5) is 0 Å². The fourth-order valence-electron chi connectivity index (χ4n) is 0.750. The van der Waals surface area contributed by atoms with Crippen molar-refractivity contribution < 1.29 is 0 Å². The largest absolute Gasteiger partial charge is 0.131 e. The third-order valence-electron chi connectivity index (χ3n) is 2.11. The van der Waals surface area contributed by atoms with Crippen LogP contribution in [0.15, 0.2) is 0 Å². The van der Waals surface area contributed by atoms with Gasteiger partial charge in [0.05, 0.1) is 0 Å². The van der Waals surface area contributed by atoms with Gasteiger partial charge in [0, 0.05) is 0 Å². The van der Waals surface area contributed by atoms with E-state index in [1.165, 1.54) is 19.3 Å². The maximum absolute atomic E-state index is 2.94. The normalized spacial score (nSPS) is 10.7. The lowest BCUT2D eigenvalue weighted by Gasteiger charge is -2.23. The molecule has 0 aromatic carbocycles. The molecule has 0 fully saturated rings. The highest BCUT2D eigenvalue weighted by molar-refractivity contribution is 8.93. The first-order valence-electron chi connectivity index (χ1n) is 3.47. The minimum atomic E-state index is 0. The highest BCUT2D eigenvalue weighted by atomic mass is 79.9. The molecular weight excluding hydrogens is 195 g/mol. The zero-order valence-electron chi connectivity index (χ0n) is 6.61. The fraction of sp³-hybridized carbons (Fsp3) is 1.00. The first-order valence-corrected chi connectivity index (χ1v) is 4.05. The van der Waals surface area contributed by atoms with Crippen molar-refractivity contribution in [2.45, 2.75) is 45.2 Å². The van der Waals surface area contributed by atoms with Crippen molar-refractivity contribution in [2.75, 3.05) is 0 Å². The number of hydrogen-bond donors (Lipinski definition) is 0. The smallest absolute Gasteiger partial charge is 0.0158 e. The van der Waals surface area contributed by atoms with Gasteiger partial charge >= 0.3 is 0 Å². The van der Waals surface area contributed by atoms with Gasteiger partial charge in [0.2, 0.25) is 0 Å². The van der Waals surface area contributed by atoms with E-state index in [0.29, 0.717) is 5.16 Å². The van der Waals surface area contributed by atoms with Gasteiger partial charge in [-0.3, -0.25) is 0 Å². The van der Waals surface area contributed by atoms with Crippen LogP contribution in [0.25, 0.3) is 0 Å². The van der Waals surface area contributed by atoms with E-state index in [0.717, 1.165) is 0 Å². The predicted molar refractivity (Wildman–Crippen MR) is 53.6 cm³/mol. The highest BCUT2D eigenvalue weighted by Gasteiger charge is 2.15. The van der Waals surface area contributed by atoms with E-state index < -0.39 is 0 Å². The molecule has 0 aliphatic carbocycles. The molecule has 0 radical (unpaired) electrons. The van der Waals surface area contributed by atoms with Crippen LogP contribution in [0.2, 0.25) is 0 Å². The van der Waals surface area contributed by atoms with E-state index in [4.69, 9.17) is 0 Å². The SMILES string of the molecule is Br.CCC(P)(CC)CC. The van der Waals surface area contributed by atoms with Crippen LogP contribution in [-0.2, 0) is 0 Å². The van der Waals surface area contributed by atoms with E-state index in [-0.39, 0.29) is 17.0 Å². The summed E-state index contributed by atoms with van der Waals surface area (Å²) in [7, 11) is 2.94. The van der Waals surface area contributed by atoms with Crippen molar-refractivity contribution in [1.29, 1.82) is 0 Å². The lowest BCUT2D eigenvalue weighted by Crippen LogP contribution is -2.15. The molecule has 0 saturated carbocycles. The standard InChI is InChI=1S/C7H17P.BrH/c1-4-7(8,5-2)6-3;/h4-6,8H2,1-3H3;1H. The highest BCUT2D eigenvalue weighted by Crippen LogP contribution is 2.29. The minimum absolute atomic E-state index is 0. The summed E-state index contributed by atoms with van der Waals surface area (Å²) in [6.07, 6.45) is 3.85. The van der Waals surface area contributed by atoms with Crippen LogP contribution < -0.4 is 0 Å². The van der Waals surface area contributed by atoms with Gasteiger partial charge in [-0.1, -0.05) is 20.8 Å². The summed E-state index contributed by atoms with van der Waals surface area (Å²) in [5.74, 6) is 0. The lowest BCUT2D eigenvalue weighted by molar-refractivity contribution is 0.531. The molecule has 0 amide bonds. The van der Waals surface area contributed by atoms with Crippen LogP contribution in [0.1, 0.15) is 40.0 Å². The third kappa shape index (κ3) is 4.33. The van der Waals surface area contributed by atoms with Gasteiger partial charge < -0.3 is 0 Å². The molecule has 0 aromatic rings. The molecule has 58 valence electrons. The monoisotopic (exact) mass is 212 g/mol. The second-order valence-corrected chi connectivity index (χ2v) is 3.65. The number of halogens is 1. The minimum Gasteiger partial charge on any atom is -0.131 e. The predicted octanol–water partition coefficient (Wildman–Crippen LogP) is 3.41. The molecule has 0 saturated heterocycles. The number of rotatable bonds is 3. The van der Waals surface area contributed by atoms with Crippen molar-refractivity contribution in [3.8, 4) is 0 Å². The van der Waals surface area contributed by atoms with Crippen molar-refractivity contribution in [3.05, 3.63) is 0 Å². The Morgan fingerprint density at radius 2 is 1.22 bits per heavy atom. The van der Waals surface area contributed by atoms with E-state index >= 15 is 0 Å². The molecule has 1 unspecified atom stereocenters. The van der Waals surface area contributed by atoms with Gasteiger partial charge in [-0.25, -0.2) is 0 Å². The second kappa shape index (κ2) is 5.68. The molecular formula is C7H18BrP. The van der Waals surface area contributed by atoms with Crippen LogP contribution in [0.5, 0.6) is 0 Å². The Labute approximate surface area is 71.8 Å². The summed E-state index contributed by atoms with van der Waals surface area (Å²) in [5, 5.41) is 0.542. The molecule has 0 aromatic heterocycles. The van der Waals surface area contributed by atoms with E-state index in [9.17, 15) is 0 Å². The van der Waals surface area contributed by atoms with Gasteiger partial charge in [-0.2, -0.15) is 0 Å². The van der Waals surface area contributed by atoms with Crippen molar-refractivity contribution >= 4 is 26.2 Å². The molecule has 2 heteroatoms. The zero-order chi connectivity index (χ0) is 6.62. The van der Waals surface area contributed by atoms with Crippen LogP contribution in [0.3, 0.4) is 0 Å². The van der Waals surface area contributed by atoms with Gasteiger partial charge in [0.1, 0.15) is 0 Å². The molecule has 0 spiro atoms. The Morgan fingerprint density at radius 1 is 1.00 bits per heavy atom. The first-order chi connectivity index (χ1) is 3.68. The Bertz CT molecular complexity index is 51.7.